The molecule has 1 atom stereocenters. The highest BCUT2D eigenvalue weighted by Gasteiger charge is 2.22. The Morgan fingerprint density at radius 1 is 0.500 bits per heavy atom. The first-order valence-electron chi connectivity index (χ1n) is 19.5. The maximum absolute atomic E-state index is 12.4. The summed E-state index contributed by atoms with van der Waals surface area (Å²) in [6.07, 6.45) is 51.2. The lowest BCUT2D eigenvalue weighted by Gasteiger charge is -2.18. The molecule has 0 radical (unpaired) electrons. The van der Waals surface area contributed by atoms with E-state index >= 15 is 0 Å². The topological polar surface area (TPSA) is 119 Å². The van der Waals surface area contributed by atoms with E-state index in [1.807, 2.05) is 0 Å². The van der Waals surface area contributed by atoms with Crippen molar-refractivity contribution in [2.45, 2.75) is 148 Å². The fraction of sp³-hybridized carbons (Fsp3) is 0.581. The lowest BCUT2D eigenvalue weighted by atomic mass is 10.1. The molecule has 9 heteroatoms. The number of phosphoric acid groups is 1. The highest BCUT2D eigenvalue weighted by atomic mass is 31.2. The van der Waals surface area contributed by atoms with Crippen LogP contribution in [0.25, 0.3) is 0 Å². The molecular weight excluding hydrogens is 675 g/mol. The zero-order valence-corrected chi connectivity index (χ0v) is 33.1. The van der Waals surface area contributed by atoms with E-state index in [1.54, 1.807) is 0 Å². The summed E-state index contributed by atoms with van der Waals surface area (Å²) in [5, 5.41) is 0. The Kier molecular flexibility index (Phi) is 35.5. The second kappa shape index (κ2) is 37.7. The summed E-state index contributed by atoms with van der Waals surface area (Å²) in [6.45, 7) is 3.39. The number of ether oxygens (including phenoxy) is 2. The van der Waals surface area contributed by atoms with Crippen molar-refractivity contribution in [3.05, 3.63) is 97.2 Å². The maximum Gasteiger partial charge on any atom is 0.469 e. The van der Waals surface area contributed by atoms with Gasteiger partial charge < -0.3 is 19.3 Å². The molecule has 0 aromatic carbocycles. The van der Waals surface area contributed by atoms with Crippen LogP contribution in [0.3, 0.4) is 0 Å². The number of phosphoric ester groups is 1. The second-order valence-corrected chi connectivity index (χ2v) is 13.7. The van der Waals surface area contributed by atoms with Gasteiger partial charge in [0.1, 0.15) is 6.61 Å². The van der Waals surface area contributed by atoms with Gasteiger partial charge in [-0.25, -0.2) is 4.57 Å². The number of carbonyl (C=O) groups is 2. The fourth-order valence-electron chi connectivity index (χ4n) is 4.76. The zero-order chi connectivity index (χ0) is 38.2. The number of hydrogen-bond acceptors (Lipinski definition) is 6. The lowest BCUT2D eigenvalue weighted by molar-refractivity contribution is -0.161. The van der Waals surface area contributed by atoms with E-state index in [0.717, 1.165) is 103 Å². The van der Waals surface area contributed by atoms with E-state index < -0.39 is 32.5 Å². The van der Waals surface area contributed by atoms with Gasteiger partial charge in [0.05, 0.1) is 6.61 Å². The van der Waals surface area contributed by atoms with Crippen LogP contribution < -0.4 is 0 Å². The largest absolute Gasteiger partial charge is 0.469 e. The van der Waals surface area contributed by atoms with Crippen molar-refractivity contribution in [3.8, 4) is 0 Å². The molecule has 294 valence electrons. The van der Waals surface area contributed by atoms with Crippen LogP contribution in [0.5, 0.6) is 0 Å². The molecule has 2 N–H and O–H groups in total. The molecule has 0 aliphatic rings. The number of unbranched alkanes of at least 4 members (excludes halogenated alkanes) is 8. The summed E-state index contributed by atoms with van der Waals surface area (Å²) in [7, 11) is -4.77. The van der Waals surface area contributed by atoms with Crippen LogP contribution in [0.2, 0.25) is 0 Å². The highest BCUT2D eigenvalue weighted by molar-refractivity contribution is 7.46. The normalized spacial score (nSPS) is 13.5. The Balaban J connectivity index is 4.08. The van der Waals surface area contributed by atoms with Crippen molar-refractivity contribution in [3.63, 3.8) is 0 Å². The minimum Gasteiger partial charge on any atom is -0.462 e. The molecule has 0 fully saturated rings. The van der Waals surface area contributed by atoms with E-state index in [2.05, 4.69) is 116 Å². The summed E-state index contributed by atoms with van der Waals surface area (Å²) in [6, 6.07) is 0. The quantitative estimate of drug-likeness (QED) is 0.0289. The van der Waals surface area contributed by atoms with Gasteiger partial charge in [-0.05, 0) is 89.9 Å². The summed E-state index contributed by atoms with van der Waals surface area (Å²) in [5.74, 6) is -0.954. The maximum atomic E-state index is 12.4. The third-order valence-electron chi connectivity index (χ3n) is 7.60. The molecular formula is C43H69O8P. The van der Waals surface area contributed by atoms with Crippen LogP contribution in [0.15, 0.2) is 97.2 Å². The minimum absolute atomic E-state index is 0.163. The first-order chi connectivity index (χ1) is 25.3. The Bertz CT molecular complexity index is 1160. The molecule has 8 nitrogen and oxygen atoms in total. The Morgan fingerprint density at radius 2 is 0.865 bits per heavy atom. The van der Waals surface area contributed by atoms with Gasteiger partial charge in [0.2, 0.25) is 0 Å². The van der Waals surface area contributed by atoms with Crippen molar-refractivity contribution >= 4 is 19.8 Å². The van der Waals surface area contributed by atoms with Crippen molar-refractivity contribution in [2.24, 2.45) is 0 Å². The van der Waals surface area contributed by atoms with E-state index in [4.69, 9.17) is 19.3 Å². The predicted octanol–water partition coefficient (Wildman–Crippen LogP) is 11.8. The zero-order valence-electron chi connectivity index (χ0n) is 32.2. The predicted molar refractivity (Wildman–Crippen MR) is 216 cm³/mol. The van der Waals surface area contributed by atoms with Gasteiger partial charge in [-0.3, -0.25) is 14.1 Å². The number of esters is 2. The number of hydrogen-bond donors (Lipinski definition) is 2. The van der Waals surface area contributed by atoms with E-state index in [-0.39, 0.29) is 19.4 Å². The minimum atomic E-state index is -4.77. The van der Waals surface area contributed by atoms with Gasteiger partial charge in [-0.15, -0.1) is 0 Å². The van der Waals surface area contributed by atoms with Gasteiger partial charge >= 0.3 is 19.8 Å². The van der Waals surface area contributed by atoms with Gasteiger partial charge in [0.15, 0.2) is 6.10 Å². The standard InChI is InChI=1S/C43H69O8P/c1-3-5-7-9-11-13-15-17-19-20-21-22-24-26-28-30-32-34-36-38-43(45)51-41(40-50-52(46,47)48)39-49-42(44)37-35-33-31-29-27-25-23-18-16-14-12-10-8-6-4-2/h5-8,11-14,17-19,21-23,26,28,41H,3-4,9-10,15-16,20,24-25,27,29-40H2,1-2H3,(H2,46,47,48)/b7-5-,8-6-,13-11-,14-12-,19-17-,22-21-,23-18-,28-26-. The van der Waals surface area contributed by atoms with Gasteiger partial charge in [-0.2, -0.15) is 0 Å². The van der Waals surface area contributed by atoms with Gasteiger partial charge in [0, 0.05) is 12.8 Å². The second-order valence-electron chi connectivity index (χ2n) is 12.5. The highest BCUT2D eigenvalue weighted by Crippen LogP contribution is 2.36. The van der Waals surface area contributed by atoms with Crippen molar-refractivity contribution in [2.75, 3.05) is 13.2 Å². The molecule has 52 heavy (non-hydrogen) atoms. The lowest BCUT2D eigenvalue weighted by Crippen LogP contribution is -2.29. The summed E-state index contributed by atoms with van der Waals surface area (Å²) in [4.78, 5) is 42.8. The number of allylic oxidation sites excluding steroid dienone is 16. The molecule has 0 aliphatic heterocycles. The third kappa shape index (κ3) is 39.8. The molecule has 0 spiro atoms. The van der Waals surface area contributed by atoms with E-state index in [9.17, 15) is 14.2 Å². The van der Waals surface area contributed by atoms with Crippen LogP contribution in [0.1, 0.15) is 142 Å². The molecule has 0 amide bonds. The van der Waals surface area contributed by atoms with Crippen molar-refractivity contribution in [1.29, 1.82) is 0 Å². The van der Waals surface area contributed by atoms with Crippen molar-refractivity contribution in [1.82, 2.24) is 0 Å². The fourth-order valence-corrected chi connectivity index (χ4v) is 5.13. The van der Waals surface area contributed by atoms with Gasteiger partial charge in [-0.1, -0.05) is 137 Å². The van der Waals surface area contributed by atoms with Crippen LogP contribution >= 0.6 is 7.82 Å². The van der Waals surface area contributed by atoms with Crippen LogP contribution in [-0.4, -0.2) is 41.0 Å². The first kappa shape index (κ1) is 49.0. The molecule has 0 aromatic heterocycles. The van der Waals surface area contributed by atoms with Crippen molar-refractivity contribution < 1.29 is 37.9 Å². The van der Waals surface area contributed by atoms with Crippen LogP contribution in [0, 0.1) is 0 Å². The molecule has 0 saturated carbocycles. The monoisotopic (exact) mass is 744 g/mol. The Morgan fingerprint density at radius 3 is 1.31 bits per heavy atom. The van der Waals surface area contributed by atoms with Crippen LogP contribution in [0.4, 0.5) is 0 Å². The smallest absolute Gasteiger partial charge is 0.462 e. The summed E-state index contributed by atoms with van der Waals surface area (Å²) >= 11 is 0. The Hall–Kier alpha value is -3.03. The first-order valence-corrected chi connectivity index (χ1v) is 21.1. The SMILES string of the molecule is CC/C=C\C/C=C\C/C=C\C/C=C\C/C=C\CCCCCC(=O)OC(COC(=O)CCCCCCC/C=C\C/C=C\C/C=C\CC)COP(=O)(O)O. The number of carbonyl (C=O) groups excluding carboxylic acids is 2. The molecule has 0 saturated heterocycles. The molecule has 0 aromatic rings. The average molecular weight is 745 g/mol. The van der Waals surface area contributed by atoms with Gasteiger partial charge in [0.25, 0.3) is 0 Å². The third-order valence-corrected chi connectivity index (χ3v) is 8.08. The van der Waals surface area contributed by atoms with Crippen LogP contribution in [-0.2, 0) is 28.2 Å². The molecule has 0 aliphatic carbocycles. The van der Waals surface area contributed by atoms with E-state index in [1.165, 1.54) is 0 Å². The average Bonchev–Trinajstić information content (AvgIpc) is 3.11. The van der Waals surface area contributed by atoms with E-state index in [0.29, 0.717) is 12.8 Å². The Labute approximate surface area is 315 Å². The summed E-state index contributed by atoms with van der Waals surface area (Å²) in [5.41, 5.74) is 0. The molecule has 1 unspecified atom stereocenters. The molecule has 0 heterocycles. The number of rotatable bonds is 34. The summed E-state index contributed by atoms with van der Waals surface area (Å²) < 4.78 is 26.3. The molecule has 0 rings (SSSR count). The molecule has 0 bridgehead atoms.